The van der Waals surface area contributed by atoms with E-state index in [9.17, 15) is 0 Å². The molecular weight excluding hydrogens is 180 g/mol. The highest BCUT2D eigenvalue weighted by Gasteiger charge is 2.45. The van der Waals surface area contributed by atoms with Crippen LogP contribution >= 0.6 is 0 Å². The molecule has 0 N–H and O–H groups in total. The van der Waals surface area contributed by atoms with Crippen molar-refractivity contribution in [2.45, 2.75) is 44.9 Å². The third-order valence-electron chi connectivity index (χ3n) is 5.32. The van der Waals surface area contributed by atoms with Crippen molar-refractivity contribution < 1.29 is 0 Å². The predicted molar refractivity (Wildman–Crippen MR) is 62.4 cm³/mol. The topological polar surface area (TPSA) is 0 Å². The van der Waals surface area contributed by atoms with Crippen LogP contribution in [0, 0.1) is 23.7 Å². The standard InChI is InChI=1S/C15H20/c1-2-4-12(3-1)15-13-6-10-5-11(8-13)9-14(15)7-10/h1-2,10-11,13-14H,3-9H2. The minimum absolute atomic E-state index is 1.02. The van der Waals surface area contributed by atoms with E-state index >= 15 is 0 Å². The van der Waals surface area contributed by atoms with Gasteiger partial charge in [0, 0.05) is 0 Å². The normalized spacial score (nSPS) is 46.9. The van der Waals surface area contributed by atoms with Crippen LogP contribution in [-0.4, -0.2) is 0 Å². The second kappa shape index (κ2) is 2.99. The first-order valence-electron chi connectivity index (χ1n) is 6.77. The minimum atomic E-state index is 1.02. The molecule has 0 radical (unpaired) electrons. The highest BCUT2D eigenvalue weighted by Crippen LogP contribution is 2.57. The summed E-state index contributed by atoms with van der Waals surface area (Å²) in [6.07, 6.45) is 15.1. The van der Waals surface area contributed by atoms with Crippen LogP contribution in [0.15, 0.2) is 23.3 Å². The van der Waals surface area contributed by atoms with Crippen molar-refractivity contribution in [3.05, 3.63) is 23.3 Å². The van der Waals surface area contributed by atoms with Crippen molar-refractivity contribution in [3.63, 3.8) is 0 Å². The predicted octanol–water partition coefficient (Wildman–Crippen LogP) is 4.09. The molecule has 0 nitrogen and oxygen atoms in total. The molecule has 80 valence electrons. The second-order valence-corrected chi connectivity index (χ2v) is 6.24. The van der Waals surface area contributed by atoms with Crippen molar-refractivity contribution >= 4 is 0 Å². The third-order valence-corrected chi connectivity index (χ3v) is 5.32. The molecule has 0 saturated heterocycles. The maximum absolute atomic E-state index is 2.38. The number of hydrogen-bond acceptors (Lipinski definition) is 0. The molecule has 0 atom stereocenters. The summed E-state index contributed by atoms with van der Waals surface area (Å²) < 4.78 is 0. The molecular formula is C15H20. The first-order chi connectivity index (χ1) is 7.40. The van der Waals surface area contributed by atoms with E-state index in [0.717, 1.165) is 23.7 Å². The molecule has 0 aromatic heterocycles. The van der Waals surface area contributed by atoms with Crippen molar-refractivity contribution in [2.24, 2.45) is 23.7 Å². The molecule has 0 aliphatic heterocycles. The van der Waals surface area contributed by atoms with Gasteiger partial charge in [-0.05, 0) is 68.6 Å². The van der Waals surface area contributed by atoms with Gasteiger partial charge in [-0.3, -0.25) is 0 Å². The summed E-state index contributed by atoms with van der Waals surface area (Å²) in [5.41, 5.74) is 3.77. The average Bonchev–Trinajstić information content (AvgIpc) is 2.69. The lowest BCUT2D eigenvalue weighted by Crippen LogP contribution is -2.40. The molecule has 0 amide bonds. The van der Waals surface area contributed by atoms with Crippen molar-refractivity contribution in [1.82, 2.24) is 0 Å². The van der Waals surface area contributed by atoms with Gasteiger partial charge in [-0.15, -0.1) is 0 Å². The Kier molecular flexibility index (Phi) is 1.72. The van der Waals surface area contributed by atoms with Crippen molar-refractivity contribution in [1.29, 1.82) is 0 Å². The lowest BCUT2D eigenvalue weighted by Gasteiger charge is -2.52. The second-order valence-electron chi connectivity index (χ2n) is 6.24. The zero-order valence-electron chi connectivity index (χ0n) is 9.41. The zero-order chi connectivity index (χ0) is 9.83. The van der Waals surface area contributed by atoms with Crippen LogP contribution in [0.1, 0.15) is 44.9 Å². The van der Waals surface area contributed by atoms with Crippen LogP contribution in [-0.2, 0) is 0 Å². The summed E-state index contributed by atoms with van der Waals surface area (Å²) in [6.45, 7) is 0. The average molecular weight is 200 g/mol. The quantitative estimate of drug-likeness (QED) is 0.517. The Hall–Kier alpha value is -0.520. The van der Waals surface area contributed by atoms with Gasteiger partial charge in [0.05, 0.1) is 0 Å². The highest BCUT2D eigenvalue weighted by molar-refractivity contribution is 5.31. The molecule has 0 aromatic carbocycles. The first-order valence-corrected chi connectivity index (χ1v) is 6.77. The molecule has 4 saturated carbocycles. The summed E-state index contributed by atoms with van der Waals surface area (Å²) in [4.78, 5) is 0. The van der Waals surface area contributed by atoms with E-state index in [1.54, 1.807) is 32.1 Å². The Morgan fingerprint density at radius 2 is 1.27 bits per heavy atom. The molecule has 5 rings (SSSR count). The van der Waals surface area contributed by atoms with Crippen LogP contribution in [0.4, 0.5) is 0 Å². The number of hydrogen-bond donors (Lipinski definition) is 0. The van der Waals surface area contributed by atoms with E-state index in [0.29, 0.717) is 0 Å². The summed E-state index contributed by atoms with van der Waals surface area (Å²) in [5, 5.41) is 0. The van der Waals surface area contributed by atoms with Gasteiger partial charge in [0.25, 0.3) is 0 Å². The number of rotatable bonds is 0. The lowest BCUT2D eigenvalue weighted by atomic mass is 9.53. The van der Waals surface area contributed by atoms with Crippen LogP contribution in [0.5, 0.6) is 0 Å². The van der Waals surface area contributed by atoms with Crippen molar-refractivity contribution in [2.75, 3.05) is 0 Å². The van der Waals surface area contributed by atoms with E-state index in [-0.39, 0.29) is 0 Å². The molecule has 5 aliphatic rings. The van der Waals surface area contributed by atoms with E-state index in [2.05, 4.69) is 12.2 Å². The zero-order valence-corrected chi connectivity index (χ0v) is 9.41. The smallest absolute Gasteiger partial charge is 0.0133 e. The van der Waals surface area contributed by atoms with Gasteiger partial charge in [0.1, 0.15) is 0 Å². The Morgan fingerprint density at radius 3 is 1.80 bits per heavy atom. The van der Waals surface area contributed by atoms with Crippen LogP contribution in [0.3, 0.4) is 0 Å². The minimum Gasteiger partial charge on any atom is -0.0841 e. The Bertz CT molecular complexity index is 305. The van der Waals surface area contributed by atoms with Gasteiger partial charge in [-0.1, -0.05) is 23.3 Å². The van der Waals surface area contributed by atoms with Gasteiger partial charge in [-0.2, -0.15) is 0 Å². The maximum atomic E-state index is 2.38. The Balaban J connectivity index is 1.73. The molecule has 0 unspecified atom stereocenters. The molecule has 4 fully saturated rings. The molecule has 0 heterocycles. The fourth-order valence-electron chi connectivity index (χ4n) is 5.04. The van der Waals surface area contributed by atoms with Gasteiger partial charge in [0.15, 0.2) is 0 Å². The Labute approximate surface area is 92.4 Å². The fourth-order valence-corrected chi connectivity index (χ4v) is 5.04. The summed E-state index contributed by atoms with van der Waals surface area (Å²) >= 11 is 0. The van der Waals surface area contributed by atoms with Crippen molar-refractivity contribution in [3.8, 4) is 0 Å². The summed E-state index contributed by atoms with van der Waals surface area (Å²) in [6, 6.07) is 0. The van der Waals surface area contributed by atoms with E-state index in [1.165, 1.54) is 12.8 Å². The third kappa shape index (κ3) is 1.20. The molecule has 15 heavy (non-hydrogen) atoms. The summed E-state index contributed by atoms with van der Waals surface area (Å²) in [7, 11) is 0. The van der Waals surface area contributed by atoms with E-state index < -0.39 is 0 Å². The summed E-state index contributed by atoms with van der Waals surface area (Å²) in [5.74, 6) is 4.28. The fraction of sp³-hybridized carbons (Fsp3) is 0.733. The number of allylic oxidation sites excluding steroid dienone is 4. The van der Waals surface area contributed by atoms with E-state index in [4.69, 9.17) is 0 Å². The van der Waals surface area contributed by atoms with Gasteiger partial charge >= 0.3 is 0 Å². The largest absolute Gasteiger partial charge is 0.0841 e. The highest BCUT2D eigenvalue weighted by atomic mass is 14.5. The van der Waals surface area contributed by atoms with Gasteiger partial charge in [-0.25, -0.2) is 0 Å². The Morgan fingerprint density at radius 1 is 0.733 bits per heavy atom. The van der Waals surface area contributed by atoms with E-state index in [1.807, 2.05) is 11.1 Å². The SMILES string of the molecule is C1=CCC(=C2C3CC4CC(C3)CC2C4)C1. The van der Waals surface area contributed by atoms with Gasteiger partial charge in [0.2, 0.25) is 0 Å². The lowest BCUT2D eigenvalue weighted by molar-refractivity contribution is 0.0681. The molecule has 0 aromatic rings. The molecule has 0 heteroatoms. The molecule has 0 spiro atoms. The first kappa shape index (κ1) is 8.61. The molecule has 4 bridgehead atoms. The monoisotopic (exact) mass is 200 g/mol. The van der Waals surface area contributed by atoms with Crippen LogP contribution < -0.4 is 0 Å². The van der Waals surface area contributed by atoms with Crippen LogP contribution in [0.25, 0.3) is 0 Å². The van der Waals surface area contributed by atoms with Gasteiger partial charge < -0.3 is 0 Å². The molecule has 5 aliphatic carbocycles. The maximum Gasteiger partial charge on any atom is -0.0133 e. The van der Waals surface area contributed by atoms with Crippen LogP contribution in [0.2, 0.25) is 0 Å².